The molecule has 0 saturated carbocycles. The summed E-state index contributed by atoms with van der Waals surface area (Å²) >= 11 is 1.58. The Bertz CT molecular complexity index is 835. The van der Waals surface area contributed by atoms with Crippen molar-refractivity contribution in [2.75, 3.05) is 0 Å². The van der Waals surface area contributed by atoms with Gasteiger partial charge in [-0.3, -0.25) is 20.1 Å². The highest BCUT2D eigenvalue weighted by molar-refractivity contribution is 7.12. The van der Waals surface area contributed by atoms with Gasteiger partial charge in [-0.2, -0.15) is 0 Å². The average Bonchev–Trinajstić information content (AvgIpc) is 3.07. The molecule has 0 saturated heterocycles. The quantitative estimate of drug-likeness (QED) is 0.685. The van der Waals surface area contributed by atoms with Gasteiger partial charge in [-0.25, -0.2) is 0 Å². The zero-order valence-electron chi connectivity index (χ0n) is 14.0. The van der Waals surface area contributed by atoms with Gasteiger partial charge < -0.3 is 5.73 Å². The summed E-state index contributed by atoms with van der Waals surface area (Å²) in [5.41, 5.74) is 6.91. The Labute approximate surface area is 151 Å². The fourth-order valence-electron chi connectivity index (χ4n) is 2.76. The first-order chi connectivity index (χ1) is 12.1. The molecule has 1 unspecified atom stereocenters. The van der Waals surface area contributed by atoms with Crippen LogP contribution in [0.5, 0.6) is 0 Å². The van der Waals surface area contributed by atoms with Crippen molar-refractivity contribution in [1.82, 2.24) is 15.3 Å². The van der Waals surface area contributed by atoms with E-state index in [0.717, 1.165) is 20.9 Å². The largest absolute Gasteiger partial charge is 0.368 e. The molecule has 6 heteroatoms. The van der Waals surface area contributed by atoms with Gasteiger partial charge in [0.1, 0.15) is 5.54 Å². The number of rotatable bonds is 7. The van der Waals surface area contributed by atoms with Gasteiger partial charge in [0.2, 0.25) is 5.91 Å². The molecule has 1 amide bonds. The van der Waals surface area contributed by atoms with Gasteiger partial charge in [0.15, 0.2) is 0 Å². The third-order valence-electron chi connectivity index (χ3n) is 4.12. The number of carbonyl (C=O) groups is 1. The number of hydrogen-bond acceptors (Lipinski definition) is 5. The first-order valence-electron chi connectivity index (χ1n) is 8.00. The third-order valence-corrected chi connectivity index (χ3v) is 5.28. The highest BCUT2D eigenvalue weighted by Gasteiger charge is 2.39. The summed E-state index contributed by atoms with van der Waals surface area (Å²) in [6.07, 6.45) is 7.40. The third kappa shape index (κ3) is 3.92. The molecule has 3 rings (SSSR count). The smallest absolute Gasteiger partial charge is 0.243 e. The molecule has 0 aromatic carbocycles. The number of aromatic nitrogens is 2. The molecular formula is C19H20N4OS. The molecule has 0 aliphatic carbocycles. The van der Waals surface area contributed by atoms with Crippen molar-refractivity contribution in [1.29, 1.82) is 0 Å². The van der Waals surface area contributed by atoms with Crippen LogP contribution in [0.2, 0.25) is 0 Å². The molecule has 5 nitrogen and oxygen atoms in total. The number of pyridine rings is 2. The number of carbonyl (C=O) groups excluding carboxylic acids is 1. The van der Waals surface area contributed by atoms with Gasteiger partial charge in [0.05, 0.1) is 0 Å². The molecular weight excluding hydrogens is 332 g/mol. The van der Waals surface area contributed by atoms with Crippen molar-refractivity contribution >= 4 is 17.2 Å². The number of primary amides is 1. The predicted octanol–water partition coefficient (Wildman–Crippen LogP) is 2.56. The van der Waals surface area contributed by atoms with Gasteiger partial charge >= 0.3 is 0 Å². The molecule has 0 spiro atoms. The molecule has 3 aromatic heterocycles. The van der Waals surface area contributed by atoms with Crippen molar-refractivity contribution in [2.24, 2.45) is 5.73 Å². The summed E-state index contributed by atoms with van der Waals surface area (Å²) in [5.74, 6) is -0.396. The predicted molar refractivity (Wildman–Crippen MR) is 98.9 cm³/mol. The Kier molecular flexibility index (Phi) is 5.21. The molecule has 3 N–H and O–H groups in total. The fourth-order valence-corrected chi connectivity index (χ4v) is 3.80. The lowest BCUT2D eigenvalue weighted by Crippen LogP contribution is -2.53. The Hall–Kier alpha value is -2.57. The van der Waals surface area contributed by atoms with Crippen LogP contribution in [0.15, 0.2) is 61.2 Å². The minimum atomic E-state index is -0.981. The van der Waals surface area contributed by atoms with Gasteiger partial charge in [0, 0.05) is 47.5 Å². The molecule has 0 fully saturated rings. The molecule has 3 aromatic rings. The Morgan fingerprint density at radius 1 is 1.12 bits per heavy atom. The standard InChI is InChI=1S/C19H20N4OS/c1-14-4-5-17(25-14)19(18(20)24,11-16-3-2-8-22-12-16)23-13-15-6-9-21-10-7-15/h2-10,12,23H,11,13H2,1H3,(H2,20,24). The minimum Gasteiger partial charge on any atom is -0.368 e. The van der Waals surface area contributed by atoms with Crippen LogP contribution in [0.25, 0.3) is 0 Å². The fraction of sp³-hybridized carbons (Fsp3) is 0.211. The van der Waals surface area contributed by atoms with Crippen molar-refractivity contribution in [2.45, 2.75) is 25.4 Å². The second-order valence-electron chi connectivity index (χ2n) is 5.93. The molecule has 25 heavy (non-hydrogen) atoms. The molecule has 0 bridgehead atoms. The van der Waals surface area contributed by atoms with E-state index >= 15 is 0 Å². The van der Waals surface area contributed by atoms with E-state index in [0.29, 0.717) is 13.0 Å². The topological polar surface area (TPSA) is 80.9 Å². The van der Waals surface area contributed by atoms with Crippen molar-refractivity contribution in [3.05, 3.63) is 82.1 Å². The average molecular weight is 352 g/mol. The second-order valence-corrected chi connectivity index (χ2v) is 7.21. The van der Waals surface area contributed by atoms with E-state index in [1.54, 1.807) is 36.1 Å². The lowest BCUT2D eigenvalue weighted by Gasteiger charge is -2.31. The van der Waals surface area contributed by atoms with Crippen LogP contribution in [0.1, 0.15) is 20.9 Å². The molecule has 0 aliphatic rings. The van der Waals surface area contributed by atoms with Crippen LogP contribution in [0, 0.1) is 6.92 Å². The monoisotopic (exact) mass is 352 g/mol. The number of nitrogens with two attached hydrogens (primary N) is 1. The van der Waals surface area contributed by atoms with Crippen LogP contribution in [0.4, 0.5) is 0 Å². The maximum atomic E-state index is 12.6. The summed E-state index contributed by atoms with van der Waals surface area (Å²) in [6.45, 7) is 2.54. The molecule has 0 radical (unpaired) electrons. The summed E-state index contributed by atoms with van der Waals surface area (Å²) in [5, 5.41) is 3.41. The molecule has 128 valence electrons. The molecule has 0 aliphatic heterocycles. The van der Waals surface area contributed by atoms with E-state index in [4.69, 9.17) is 5.73 Å². The van der Waals surface area contributed by atoms with Crippen LogP contribution in [-0.2, 0) is 23.3 Å². The zero-order valence-corrected chi connectivity index (χ0v) is 14.8. The maximum absolute atomic E-state index is 12.6. The normalized spacial score (nSPS) is 13.3. The summed E-state index contributed by atoms with van der Waals surface area (Å²) < 4.78 is 0. The first-order valence-corrected chi connectivity index (χ1v) is 8.81. The summed E-state index contributed by atoms with van der Waals surface area (Å²) in [4.78, 5) is 22.8. The van der Waals surface area contributed by atoms with Crippen molar-refractivity contribution in [3.63, 3.8) is 0 Å². The lowest BCUT2D eigenvalue weighted by atomic mass is 9.88. The van der Waals surface area contributed by atoms with Gasteiger partial charge in [-0.15, -0.1) is 11.3 Å². The molecule has 3 heterocycles. The number of hydrogen-bond donors (Lipinski definition) is 2. The number of amides is 1. The van der Waals surface area contributed by atoms with E-state index < -0.39 is 11.4 Å². The number of aryl methyl sites for hydroxylation is 1. The highest BCUT2D eigenvalue weighted by Crippen LogP contribution is 2.32. The number of nitrogens with zero attached hydrogens (tertiary/aromatic N) is 2. The van der Waals surface area contributed by atoms with Crippen LogP contribution >= 0.6 is 11.3 Å². The minimum absolute atomic E-state index is 0.396. The SMILES string of the molecule is Cc1ccc(C(Cc2cccnc2)(NCc2ccncc2)C(N)=O)s1. The van der Waals surface area contributed by atoms with Gasteiger partial charge in [-0.05, 0) is 48.4 Å². The van der Waals surface area contributed by atoms with E-state index in [1.807, 2.05) is 43.3 Å². The second kappa shape index (κ2) is 7.55. The van der Waals surface area contributed by atoms with Crippen molar-refractivity contribution < 1.29 is 4.79 Å². The Balaban J connectivity index is 1.97. The van der Waals surface area contributed by atoms with Crippen LogP contribution in [-0.4, -0.2) is 15.9 Å². The van der Waals surface area contributed by atoms with Gasteiger partial charge in [-0.1, -0.05) is 6.07 Å². The van der Waals surface area contributed by atoms with Crippen LogP contribution < -0.4 is 11.1 Å². The Morgan fingerprint density at radius 3 is 2.52 bits per heavy atom. The first kappa shape index (κ1) is 17.3. The van der Waals surface area contributed by atoms with Gasteiger partial charge in [0.25, 0.3) is 0 Å². The van der Waals surface area contributed by atoms with E-state index in [2.05, 4.69) is 15.3 Å². The van der Waals surface area contributed by atoms with E-state index in [1.165, 1.54) is 0 Å². The molecule has 1 atom stereocenters. The zero-order chi connectivity index (χ0) is 17.7. The van der Waals surface area contributed by atoms with Crippen molar-refractivity contribution in [3.8, 4) is 0 Å². The summed E-state index contributed by atoms with van der Waals surface area (Å²) in [7, 11) is 0. The van der Waals surface area contributed by atoms with E-state index in [9.17, 15) is 4.79 Å². The number of thiophene rings is 1. The lowest BCUT2D eigenvalue weighted by molar-refractivity contribution is -0.124. The van der Waals surface area contributed by atoms with Crippen LogP contribution in [0.3, 0.4) is 0 Å². The maximum Gasteiger partial charge on any atom is 0.243 e. The summed E-state index contributed by atoms with van der Waals surface area (Å²) in [6, 6.07) is 11.6. The Morgan fingerprint density at radius 2 is 1.92 bits per heavy atom. The number of nitrogens with one attached hydrogen (secondary N) is 1. The highest BCUT2D eigenvalue weighted by atomic mass is 32.1. The van der Waals surface area contributed by atoms with E-state index in [-0.39, 0.29) is 0 Å².